The van der Waals surface area contributed by atoms with E-state index in [4.69, 9.17) is 9.72 Å². The number of likely N-dealkylation sites (tertiary alicyclic amines) is 1. The molecule has 31 heavy (non-hydrogen) atoms. The molecular formula is C22H26N4O3S2. The van der Waals surface area contributed by atoms with E-state index in [2.05, 4.69) is 11.9 Å². The smallest absolute Gasteiger partial charge is 0.272 e. The summed E-state index contributed by atoms with van der Waals surface area (Å²) >= 11 is 2.75. The second-order valence-corrected chi connectivity index (χ2v) is 10.2. The molecule has 0 unspecified atom stereocenters. The van der Waals surface area contributed by atoms with E-state index < -0.39 is 0 Å². The first-order valence-corrected chi connectivity index (χ1v) is 12.7. The number of aromatic nitrogens is 3. The molecule has 7 nitrogen and oxygen atoms in total. The summed E-state index contributed by atoms with van der Waals surface area (Å²) in [6.07, 6.45) is 6.98. The summed E-state index contributed by atoms with van der Waals surface area (Å²) in [6.45, 7) is 4.14. The third kappa shape index (κ3) is 4.10. The molecule has 0 aromatic carbocycles. The second kappa shape index (κ2) is 8.88. The van der Waals surface area contributed by atoms with E-state index in [1.54, 1.807) is 10.8 Å². The van der Waals surface area contributed by atoms with Crippen molar-refractivity contribution < 1.29 is 9.53 Å². The van der Waals surface area contributed by atoms with Crippen molar-refractivity contribution in [1.82, 2.24) is 19.4 Å². The van der Waals surface area contributed by atoms with E-state index in [9.17, 15) is 9.59 Å². The van der Waals surface area contributed by atoms with Gasteiger partial charge in [-0.3, -0.25) is 14.2 Å². The fourth-order valence-electron chi connectivity index (χ4n) is 4.48. The maximum Gasteiger partial charge on any atom is 0.272 e. The van der Waals surface area contributed by atoms with Gasteiger partial charge < -0.3 is 9.64 Å². The number of hydrogen-bond acceptors (Lipinski definition) is 7. The molecule has 2 aliphatic rings. The average molecular weight is 459 g/mol. The van der Waals surface area contributed by atoms with Gasteiger partial charge in [0.2, 0.25) is 5.91 Å². The van der Waals surface area contributed by atoms with Crippen molar-refractivity contribution in [3.8, 4) is 0 Å². The molecule has 0 bridgehead atoms. The summed E-state index contributed by atoms with van der Waals surface area (Å²) in [5.74, 6) is 0.403. The van der Waals surface area contributed by atoms with Gasteiger partial charge in [-0.05, 0) is 51.2 Å². The molecule has 164 valence electrons. The lowest BCUT2D eigenvalue weighted by molar-refractivity contribution is -0.131. The minimum absolute atomic E-state index is 0.0154. The Balaban J connectivity index is 1.50. The number of amides is 1. The van der Waals surface area contributed by atoms with Crippen LogP contribution in [0.2, 0.25) is 0 Å². The van der Waals surface area contributed by atoms with Gasteiger partial charge >= 0.3 is 0 Å². The first kappa shape index (κ1) is 20.9. The van der Waals surface area contributed by atoms with Gasteiger partial charge in [0, 0.05) is 30.8 Å². The molecule has 2 atom stereocenters. The number of hydrogen-bond donors (Lipinski definition) is 0. The number of thioether (sulfide) groups is 1. The minimum Gasteiger partial charge on any atom is -0.376 e. The Morgan fingerprint density at radius 1 is 1.32 bits per heavy atom. The van der Waals surface area contributed by atoms with Crippen LogP contribution in [-0.2, 0) is 16.1 Å². The molecule has 0 saturated carbocycles. The number of pyridine rings is 1. The Morgan fingerprint density at radius 2 is 2.23 bits per heavy atom. The fraction of sp³-hybridized carbons (Fsp3) is 0.545. The Labute approximate surface area is 188 Å². The summed E-state index contributed by atoms with van der Waals surface area (Å²) in [6, 6.07) is 4.09. The molecule has 2 aliphatic heterocycles. The predicted octanol–water partition coefficient (Wildman–Crippen LogP) is 3.68. The maximum absolute atomic E-state index is 13.4. The van der Waals surface area contributed by atoms with Gasteiger partial charge in [0.1, 0.15) is 9.53 Å². The number of ether oxygens (including phenoxy) is 1. The number of piperidine rings is 1. The van der Waals surface area contributed by atoms with Crippen LogP contribution >= 0.6 is 23.1 Å². The van der Waals surface area contributed by atoms with Crippen LogP contribution < -0.4 is 5.56 Å². The van der Waals surface area contributed by atoms with Gasteiger partial charge in [-0.2, -0.15) is 0 Å². The zero-order chi connectivity index (χ0) is 21.4. The number of nitrogens with zero attached hydrogens (tertiary/aromatic N) is 4. The third-order valence-corrected chi connectivity index (χ3v) is 8.23. The van der Waals surface area contributed by atoms with Crippen molar-refractivity contribution in [1.29, 1.82) is 0 Å². The molecule has 5 heterocycles. The van der Waals surface area contributed by atoms with Crippen molar-refractivity contribution >= 4 is 49.4 Å². The van der Waals surface area contributed by atoms with Gasteiger partial charge in [-0.1, -0.05) is 11.8 Å². The zero-order valence-electron chi connectivity index (χ0n) is 17.6. The average Bonchev–Trinajstić information content (AvgIpc) is 3.42. The van der Waals surface area contributed by atoms with Crippen LogP contribution in [0.1, 0.15) is 39.0 Å². The largest absolute Gasteiger partial charge is 0.376 e. The van der Waals surface area contributed by atoms with Gasteiger partial charge in [0.05, 0.1) is 23.9 Å². The molecule has 1 amide bonds. The topological polar surface area (TPSA) is 77.3 Å². The van der Waals surface area contributed by atoms with E-state index in [1.165, 1.54) is 29.5 Å². The van der Waals surface area contributed by atoms with Crippen molar-refractivity contribution in [2.24, 2.45) is 0 Å². The number of thiophene rings is 1. The quantitative estimate of drug-likeness (QED) is 0.429. The number of fused-ring (bicyclic) bond motifs is 3. The van der Waals surface area contributed by atoms with E-state index in [-0.39, 0.29) is 29.4 Å². The fourth-order valence-corrected chi connectivity index (χ4v) is 6.40. The molecule has 2 fully saturated rings. The van der Waals surface area contributed by atoms with Crippen LogP contribution in [0.5, 0.6) is 0 Å². The molecule has 0 spiro atoms. The van der Waals surface area contributed by atoms with Gasteiger partial charge in [-0.25, -0.2) is 9.97 Å². The summed E-state index contributed by atoms with van der Waals surface area (Å²) < 4.78 is 8.12. The van der Waals surface area contributed by atoms with E-state index in [0.29, 0.717) is 21.9 Å². The van der Waals surface area contributed by atoms with Crippen LogP contribution in [0, 0.1) is 0 Å². The molecule has 2 saturated heterocycles. The van der Waals surface area contributed by atoms with Crippen molar-refractivity contribution in [3.05, 3.63) is 28.7 Å². The highest BCUT2D eigenvalue weighted by atomic mass is 32.2. The van der Waals surface area contributed by atoms with E-state index in [1.807, 2.05) is 17.0 Å². The van der Waals surface area contributed by atoms with Crippen LogP contribution in [0.3, 0.4) is 0 Å². The Hall–Kier alpha value is -1.97. The molecule has 0 radical (unpaired) electrons. The molecule has 5 rings (SSSR count). The summed E-state index contributed by atoms with van der Waals surface area (Å²) in [4.78, 5) is 38.4. The van der Waals surface area contributed by atoms with Crippen LogP contribution in [0.4, 0.5) is 0 Å². The SMILES string of the molecule is C[C@H]1CCCCN1C(=O)CSc1nc2c(sc3ncccc32)c(=O)n1C[C@@H]1CCCO1. The molecule has 0 aliphatic carbocycles. The minimum atomic E-state index is -0.0650. The Morgan fingerprint density at radius 3 is 3.03 bits per heavy atom. The second-order valence-electron chi connectivity index (χ2n) is 8.30. The maximum atomic E-state index is 13.4. The highest BCUT2D eigenvalue weighted by Crippen LogP contribution is 2.31. The Kier molecular flexibility index (Phi) is 5.99. The lowest BCUT2D eigenvalue weighted by Crippen LogP contribution is -2.43. The first-order chi connectivity index (χ1) is 15.1. The standard InChI is InChI=1S/C22H26N4O3S2/c1-14-6-2-3-10-25(14)17(27)13-30-22-24-18-16-8-4-9-23-20(16)31-19(18)21(28)26(22)12-15-7-5-11-29-15/h4,8-9,14-15H,2-3,5-7,10-13H2,1H3/t14-,15-/m0/s1. The molecule has 0 N–H and O–H groups in total. The van der Waals surface area contributed by atoms with Crippen molar-refractivity contribution in [2.75, 3.05) is 18.9 Å². The van der Waals surface area contributed by atoms with Crippen LogP contribution in [0.25, 0.3) is 20.4 Å². The monoisotopic (exact) mass is 458 g/mol. The zero-order valence-corrected chi connectivity index (χ0v) is 19.2. The normalized spacial score (nSPS) is 21.9. The Bertz CT molecular complexity index is 1170. The van der Waals surface area contributed by atoms with Gasteiger partial charge in [0.25, 0.3) is 5.56 Å². The summed E-state index contributed by atoms with van der Waals surface area (Å²) in [5, 5.41) is 1.48. The highest BCUT2D eigenvalue weighted by Gasteiger charge is 2.25. The third-order valence-electron chi connectivity index (χ3n) is 6.18. The lowest BCUT2D eigenvalue weighted by atomic mass is 10.0. The van der Waals surface area contributed by atoms with Crippen LogP contribution in [-0.4, -0.2) is 56.4 Å². The van der Waals surface area contributed by atoms with Crippen LogP contribution in [0.15, 0.2) is 28.3 Å². The number of carbonyl (C=O) groups is 1. The predicted molar refractivity (Wildman–Crippen MR) is 124 cm³/mol. The number of carbonyl (C=O) groups excluding carboxylic acids is 1. The van der Waals surface area contributed by atoms with E-state index in [0.717, 1.165) is 49.1 Å². The van der Waals surface area contributed by atoms with Gasteiger partial charge in [-0.15, -0.1) is 11.3 Å². The molecule has 3 aromatic heterocycles. The van der Waals surface area contributed by atoms with E-state index >= 15 is 0 Å². The summed E-state index contributed by atoms with van der Waals surface area (Å²) in [5.41, 5.74) is 0.618. The molecular weight excluding hydrogens is 432 g/mol. The van der Waals surface area contributed by atoms with Crippen molar-refractivity contribution in [3.63, 3.8) is 0 Å². The first-order valence-electron chi connectivity index (χ1n) is 10.9. The van der Waals surface area contributed by atoms with Crippen molar-refractivity contribution in [2.45, 2.75) is 62.9 Å². The molecule has 9 heteroatoms. The molecule has 3 aromatic rings. The van der Waals surface area contributed by atoms with Gasteiger partial charge in [0.15, 0.2) is 5.16 Å². The lowest BCUT2D eigenvalue weighted by Gasteiger charge is -2.33. The highest BCUT2D eigenvalue weighted by molar-refractivity contribution is 7.99. The summed E-state index contributed by atoms with van der Waals surface area (Å²) in [7, 11) is 0. The number of rotatable bonds is 5.